The number of H-pyrrole nitrogens is 1. The molecule has 25 heavy (non-hydrogen) atoms. The van der Waals surface area contributed by atoms with Crippen LogP contribution in [0.3, 0.4) is 0 Å². The van der Waals surface area contributed by atoms with E-state index in [1.165, 1.54) is 0 Å². The number of rotatable bonds is 3. The Bertz CT molecular complexity index is 855. The van der Waals surface area contributed by atoms with E-state index in [0.717, 1.165) is 47.7 Å². The lowest BCUT2D eigenvalue weighted by Gasteiger charge is -2.23. The average molecular weight is 336 g/mol. The predicted octanol–water partition coefficient (Wildman–Crippen LogP) is 3.94. The molecule has 1 atom stereocenters. The van der Waals surface area contributed by atoms with E-state index in [-0.39, 0.29) is 12.1 Å². The number of carbonyl (C=O) groups is 1. The zero-order valence-electron chi connectivity index (χ0n) is 14.0. The van der Waals surface area contributed by atoms with E-state index >= 15 is 0 Å². The van der Waals surface area contributed by atoms with Gasteiger partial charge in [0.1, 0.15) is 11.6 Å². The first-order valence-corrected chi connectivity index (χ1v) is 8.41. The number of likely N-dealkylation sites (tertiary alicyclic amines) is 1. The molecule has 4 rings (SSSR count). The topological polar surface area (TPSA) is 70.2 Å². The number of methoxy groups -OCH3 is 1. The highest BCUT2D eigenvalue weighted by Crippen LogP contribution is 2.32. The molecule has 1 saturated heterocycles. The first-order chi connectivity index (χ1) is 12.2. The summed E-state index contributed by atoms with van der Waals surface area (Å²) in [5, 5.41) is 2.96. The number of para-hydroxylation sites is 2. The fraction of sp³-hybridized carbons (Fsp3) is 0.263. The summed E-state index contributed by atoms with van der Waals surface area (Å²) in [6.45, 7) is 0.726. The Hall–Kier alpha value is -3.02. The highest BCUT2D eigenvalue weighted by molar-refractivity contribution is 5.90. The molecule has 2 amide bonds. The molecule has 128 valence electrons. The number of urea groups is 1. The van der Waals surface area contributed by atoms with Crippen molar-refractivity contribution in [3.8, 4) is 5.75 Å². The van der Waals surface area contributed by atoms with Crippen molar-refractivity contribution in [2.24, 2.45) is 0 Å². The predicted molar refractivity (Wildman–Crippen MR) is 96.8 cm³/mol. The van der Waals surface area contributed by atoms with Gasteiger partial charge in [0, 0.05) is 12.2 Å². The maximum atomic E-state index is 12.7. The molecule has 1 fully saturated rings. The molecule has 1 aromatic heterocycles. The Labute approximate surface area is 145 Å². The second-order valence-corrected chi connectivity index (χ2v) is 6.15. The number of aromatic nitrogens is 2. The van der Waals surface area contributed by atoms with Crippen molar-refractivity contribution in [2.75, 3.05) is 19.0 Å². The maximum absolute atomic E-state index is 12.7. The van der Waals surface area contributed by atoms with Crippen molar-refractivity contribution in [1.29, 1.82) is 0 Å². The van der Waals surface area contributed by atoms with Crippen LogP contribution in [0.15, 0.2) is 48.5 Å². The second-order valence-electron chi connectivity index (χ2n) is 6.15. The van der Waals surface area contributed by atoms with Gasteiger partial charge in [-0.1, -0.05) is 12.1 Å². The lowest BCUT2D eigenvalue weighted by Crippen LogP contribution is -2.34. The third-order valence-electron chi connectivity index (χ3n) is 4.58. The Morgan fingerprint density at radius 3 is 2.80 bits per heavy atom. The Balaban J connectivity index is 1.52. The highest BCUT2D eigenvalue weighted by atomic mass is 16.5. The SMILES string of the molecule is COc1ccc(NC(=O)N2CCC[C@@H]2c2nc3ccccc3[nH]2)cc1. The smallest absolute Gasteiger partial charge is 0.322 e. The van der Waals surface area contributed by atoms with Crippen LogP contribution < -0.4 is 10.1 Å². The second kappa shape index (κ2) is 6.47. The van der Waals surface area contributed by atoms with Crippen molar-refractivity contribution in [1.82, 2.24) is 14.9 Å². The van der Waals surface area contributed by atoms with Gasteiger partial charge in [-0.25, -0.2) is 9.78 Å². The fourth-order valence-corrected chi connectivity index (χ4v) is 3.29. The molecule has 3 aromatic rings. The molecule has 0 aliphatic carbocycles. The van der Waals surface area contributed by atoms with E-state index in [4.69, 9.17) is 4.74 Å². The minimum Gasteiger partial charge on any atom is -0.497 e. The van der Waals surface area contributed by atoms with Crippen LogP contribution in [0.4, 0.5) is 10.5 Å². The quantitative estimate of drug-likeness (QED) is 0.761. The van der Waals surface area contributed by atoms with Crippen LogP contribution in [0.1, 0.15) is 24.7 Å². The summed E-state index contributed by atoms with van der Waals surface area (Å²) in [6, 6.07) is 15.1. The van der Waals surface area contributed by atoms with Gasteiger partial charge in [-0.3, -0.25) is 0 Å². The minimum atomic E-state index is -0.104. The Morgan fingerprint density at radius 1 is 1.24 bits per heavy atom. The molecule has 0 bridgehead atoms. The number of nitrogens with one attached hydrogen (secondary N) is 2. The van der Waals surface area contributed by atoms with Crippen molar-refractivity contribution in [3.05, 3.63) is 54.4 Å². The first-order valence-electron chi connectivity index (χ1n) is 8.41. The lowest BCUT2D eigenvalue weighted by molar-refractivity contribution is 0.205. The standard InChI is InChI=1S/C19H20N4O2/c1-25-14-10-8-13(9-11-14)20-19(24)23-12-4-7-17(23)18-21-15-5-2-3-6-16(15)22-18/h2-3,5-6,8-11,17H,4,7,12H2,1H3,(H,20,24)(H,21,22)/t17-/m1/s1. The summed E-state index contributed by atoms with van der Waals surface area (Å²) in [7, 11) is 1.62. The Kier molecular flexibility index (Phi) is 4.01. The van der Waals surface area contributed by atoms with Crippen LogP contribution in [0, 0.1) is 0 Å². The third-order valence-corrected chi connectivity index (χ3v) is 4.58. The third kappa shape index (κ3) is 3.03. The van der Waals surface area contributed by atoms with Crippen LogP contribution in [-0.2, 0) is 0 Å². The van der Waals surface area contributed by atoms with Gasteiger partial charge in [-0.05, 0) is 49.2 Å². The molecule has 2 heterocycles. The molecular formula is C19H20N4O2. The number of nitrogens with zero attached hydrogens (tertiary/aromatic N) is 2. The summed E-state index contributed by atoms with van der Waals surface area (Å²) in [6.07, 6.45) is 1.88. The number of ether oxygens (including phenoxy) is 1. The van der Waals surface area contributed by atoms with E-state index in [1.807, 2.05) is 53.4 Å². The summed E-state index contributed by atoms with van der Waals surface area (Å²) in [4.78, 5) is 22.6. The molecule has 6 nitrogen and oxygen atoms in total. The van der Waals surface area contributed by atoms with Crippen molar-refractivity contribution in [3.63, 3.8) is 0 Å². The molecule has 0 saturated carbocycles. The van der Waals surface area contributed by atoms with Crippen LogP contribution in [0.25, 0.3) is 11.0 Å². The first kappa shape index (κ1) is 15.5. The normalized spacial score (nSPS) is 17.0. The summed E-state index contributed by atoms with van der Waals surface area (Å²) >= 11 is 0. The number of hydrogen-bond donors (Lipinski definition) is 2. The number of benzene rings is 2. The molecule has 1 aliphatic heterocycles. The number of imidazole rings is 1. The van der Waals surface area contributed by atoms with Crippen LogP contribution >= 0.6 is 0 Å². The Morgan fingerprint density at radius 2 is 2.04 bits per heavy atom. The van der Waals surface area contributed by atoms with E-state index < -0.39 is 0 Å². The van der Waals surface area contributed by atoms with E-state index in [0.29, 0.717) is 0 Å². The zero-order chi connectivity index (χ0) is 17.2. The van der Waals surface area contributed by atoms with Gasteiger partial charge < -0.3 is 19.9 Å². The fourth-order valence-electron chi connectivity index (χ4n) is 3.29. The number of fused-ring (bicyclic) bond motifs is 1. The van der Waals surface area contributed by atoms with Gasteiger partial charge in [0.05, 0.1) is 24.2 Å². The van der Waals surface area contributed by atoms with E-state index in [9.17, 15) is 4.79 Å². The average Bonchev–Trinajstić information content (AvgIpc) is 3.28. The minimum absolute atomic E-state index is 0.0225. The molecular weight excluding hydrogens is 316 g/mol. The zero-order valence-corrected chi connectivity index (χ0v) is 14.0. The van der Waals surface area contributed by atoms with E-state index in [2.05, 4.69) is 15.3 Å². The monoisotopic (exact) mass is 336 g/mol. The molecule has 0 unspecified atom stereocenters. The number of hydrogen-bond acceptors (Lipinski definition) is 3. The lowest BCUT2D eigenvalue weighted by atomic mass is 10.2. The van der Waals surface area contributed by atoms with Gasteiger partial charge in [0.15, 0.2) is 0 Å². The van der Waals surface area contributed by atoms with Gasteiger partial charge in [-0.2, -0.15) is 0 Å². The molecule has 1 aliphatic rings. The number of amides is 2. The number of anilines is 1. The summed E-state index contributed by atoms with van der Waals surface area (Å²) < 4.78 is 5.14. The summed E-state index contributed by atoms with van der Waals surface area (Å²) in [5.74, 6) is 1.61. The largest absolute Gasteiger partial charge is 0.497 e. The molecule has 2 aromatic carbocycles. The van der Waals surface area contributed by atoms with E-state index in [1.54, 1.807) is 7.11 Å². The van der Waals surface area contributed by atoms with Crippen LogP contribution in [0.5, 0.6) is 5.75 Å². The van der Waals surface area contributed by atoms with Gasteiger partial charge in [0.2, 0.25) is 0 Å². The maximum Gasteiger partial charge on any atom is 0.322 e. The number of carbonyl (C=O) groups excluding carboxylic acids is 1. The molecule has 2 N–H and O–H groups in total. The van der Waals surface area contributed by atoms with Gasteiger partial charge in [-0.15, -0.1) is 0 Å². The summed E-state index contributed by atoms with van der Waals surface area (Å²) in [5.41, 5.74) is 2.68. The van der Waals surface area contributed by atoms with Gasteiger partial charge in [0.25, 0.3) is 0 Å². The molecule has 0 radical (unpaired) electrons. The number of aromatic amines is 1. The van der Waals surface area contributed by atoms with Crippen molar-refractivity contribution in [2.45, 2.75) is 18.9 Å². The van der Waals surface area contributed by atoms with Crippen LogP contribution in [0.2, 0.25) is 0 Å². The van der Waals surface area contributed by atoms with Crippen molar-refractivity contribution >= 4 is 22.8 Å². The highest BCUT2D eigenvalue weighted by Gasteiger charge is 2.32. The molecule has 6 heteroatoms. The van der Waals surface area contributed by atoms with Crippen molar-refractivity contribution < 1.29 is 9.53 Å². The van der Waals surface area contributed by atoms with Crippen LogP contribution in [-0.4, -0.2) is 34.6 Å². The molecule has 0 spiro atoms. The van der Waals surface area contributed by atoms with Gasteiger partial charge >= 0.3 is 6.03 Å².